The van der Waals surface area contributed by atoms with Crippen LogP contribution in [0, 0.1) is 0 Å². The number of carbonyl (C=O) groups excluding carboxylic acids is 2. The van der Waals surface area contributed by atoms with Crippen LogP contribution in [0.5, 0.6) is 0 Å². The van der Waals surface area contributed by atoms with Gasteiger partial charge in [0.1, 0.15) is 6.54 Å². The molecule has 7 nitrogen and oxygen atoms in total. The lowest BCUT2D eigenvalue weighted by Gasteiger charge is -2.31. The number of aromatic nitrogens is 3. The third-order valence-electron chi connectivity index (χ3n) is 5.33. The molecule has 3 aromatic rings. The first-order valence-electron chi connectivity index (χ1n) is 10.2. The minimum Gasteiger partial charge on any atom is -0.352 e. The van der Waals surface area contributed by atoms with Gasteiger partial charge in [0.2, 0.25) is 11.8 Å². The van der Waals surface area contributed by atoms with Crippen LogP contribution in [-0.2, 0) is 16.1 Å². The van der Waals surface area contributed by atoms with Gasteiger partial charge in [-0.2, -0.15) is 0 Å². The van der Waals surface area contributed by atoms with Gasteiger partial charge in [-0.3, -0.25) is 9.59 Å². The number of rotatable bonds is 5. The fourth-order valence-corrected chi connectivity index (χ4v) is 3.71. The summed E-state index contributed by atoms with van der Waals surface area (Å²) in [5.41, 5.74) is 1.82. The van der Waals surface area contributed by atoms with Crippen LogP contribution < -0.4 is 5.32 Å². The molecule has 0 radical (unpaired) electrons. The Morgan fingerprint density at radius 1 is 0.967 bits per heavy atom. The highest BCUT2D eigenvalue weighted by Gasteiger charge is 2.23. The van der Waals surface area contributed by atoms with Crippen molar-refractivity contribution in [2.75, 3.05) is 13.1 Å². The van der Waals surface area contributed by atoms with Crippen LogP contribution in [0.15, 0.2) is 60.7 Å². The first-order valence-corrected chi connectivity index (χ1v) is 10.2. The molecular weight excluding hydrogens is 378 g/mol. The van der Waals surface area contributed by atoms with Gasteiger partial charge in [0.15, 0.2) is 11.6 Å². The average molecular weight is 403 g/mol. The van der Waals surface area contributed by atoms with Gasteiger partial charge in [-0.25, -0.2) is 9.67 Å². The molecular formula is C23H25N5O2. The Hall–Kier alpha value is -3.48. The molecule has 7 heteroatoms. The van der Waals surface area contributed by atoms with E-state index in [9.17, 15) is 9.59 Å². The number of hydrogen-bond donors (Lipinski definition) is 1. The Bertz CT molecular complexity index is 1010. The van der Waals surface area contributed by atoms with Crippen molar-refractivity contribution in [3.63, 3.8) is 0 Å². The van der Waals surface area contributed by atoms with Crippen molar-refractivity contribution in [2.45, 2.75) is 32.4 Å². The molecule has 2 amide bonds. The van der Waals surface area contributed by atoms with Gasteiger partial charge in [0, 0.05) is 37.2 Å². The van der Waals surface area contributed by atoms with E-state index < -0.39 is 0 Å². The van der Waals surface area contributed by atoms with Crippen LogP contribution in [0.2, 0.25) is 0 Å². The standard InChI is InChI=1S/C23H25N5O2/c1-17(29)27-14-12-20(13-15-27)24-21(30)16-28-23(19-10-6-3-7-11-19)25-22(26-28)18-8-4-2-5-9-18/h2-11,20H,12-16H2,1H3,(H,24,30). The van der Waals surface area contributed by atoms with Crippen LogP contribution in [-0.4, -0.2) is 50.6 Å². The molecule has 1 N–H and O–H groups in total. The molecule has 0 spiro atoms. The molecule has 154 valence electrons. The number of piperidine rings is 1. The smallest absolute Gasteiger partial charge is 0.242 e. The number of benzene rings is 2. The van der Waals surface area contributed by atoms with Gasteiger partial charge in [-0.05, 0) is 12.8 Å². The molecule has 4 rings (SSSR count). The molecule has 1 aromatic heterocycles. The van der Waals surface area contributed by atoms with Crippen molar-refractivity contribution in [1.29, 1.82) is 0 Å². The highest BCUT2D eigenvalue weighted by molar-refractivity contribution is 5.77. The Balaban J connectivity index is 1.51. The summed E-state index contributed by atoms with van der Waals surface area (Å²) in [5.74, 6) is 1.24. The van der Waals surface area contributed by atoms with Crippen molar-refractivity contribution in [3.05, 3.63) is 60.7 Å². The molecule has 0 bridgehead atoms. The van der Waals surface area contributed by atoms with E-state index in [2.05, 4.69) is 10.4 Å². The second-order valence-electron chi connectivity index (χ2n) is 7.50. The van der Waals surface area contributed by atoms with Gasteiger partial charge in [-0.1, -0.05) is 60.7 Å². The van der Waals surface area contributed by atoms with Gasteiger partial charge < -0.3 is 10.2 Å². The van der Waals surface area contributed by atoms with Crippen molar-refractivity contribution in [2.24, 2.45) is 0 Å². The lowest BCUT2D eigenvalue weighted by Crippen LogP contribution is -2.46. The SMILES string of the molecule is CC(=O)N1CCC(NC(=O)Cn2nc(-c3ccccc3)nc2-c2ccccc2)CC1. The summed E-state index contributed by atoms with van der Waals surface area (Å²) >= 11 is 0. The van der Waals surface area contributed by atoms with E-state index >= 15 is 0 Å². The molecule has 0 aliphatic carbocycles. The number of hydrogen-bond acceptors (Lipinski definition) is 4. The van der Waals surface area contributed by atoms with Gasteiger partial charge >= 0.3 is 0 Å². The van der Waals surface area contributed by atoms with E-state index in [-0.39, 0.29) is 24.4 Å². The summed E-state index contributed by atoms with van der Waals surface area (Å²) in [6.07, 6.45) is 1.53. The highest BCUT2D eigenvalue weighted by atomic mass is 16.2. The van der Waals surface area contributed by atoms with E-state index in [0.717, 1.165) is 24.0 Å². The van der Waals surface area contributed by atoms with Crippen LogP contribution in [0.4, 0.5) is 0 Å². The van der Waals surface area contributed by atoms with Crippen LogP contribution in [0.1, 0.15) is 19.8 Å². The van der Waals surface area contributed by atoms with Crippen molar-refractivity contribution in [1.82, 2.24) is 25.0 Å². The fourth-order valence-electron chi connectivity index (χ4n) is 3.71. The molecule has 2 heterocycles. The Labute approximate surface area is 175 Å². The van der Waals surface area contributed by atoms with E-state index in [1.807, 2.05) is 65.6 Å². The Kier molecular flexibility index (Phi) is 5.88. The maximum absolute atomic E-state index is 12.7. The second kappa shape index (κ2) is 8.90. The average Bonchev–Trinajstić information content (AvgIpc) is 3.19. The third-order valence-corrected chi connectivity index (χ3v) is 5.33. The van der Waals surface area contributed by atoms with E-state index in [4.69, 9.17) is 4.98 Å². The molecule has 1 aliphatic heterocycles. The minimum absolute atomic E-state index is 0.0744. The lowest BCUT2D eigenvalue weighted by atomic mass is 10.1. The summed E-state index contributed by atoms with van der Waals surface area (Å²) in [7, 11) is 0. The lowest BCUT2D eigenvalue weighted by molar-refractivity contribution is -0.130. The maximum Gasteiger partial charge on any atom is 0.242 e. The van der Waals surface area contributed by atoms with Crippen molar-refractivity contribution in [3.8, 4) is 22.8 Å². The molecule has 0 saturated carbocycles. The monoisotopic (exact) mass is 403 g/mol. The minimum atomic E-state index is -0.0991. The summed E-state index contributed by atoms with van der Waals surface area (Å²) in [4.78, 5) is 30.8. The first-order chi connectivity index (χ1) is 14.6. The predicted molar refractivity (Wildman–Crippen MR) is 114 cm³/mol. The normalized spacial score (nSPS) is 14.5. The number of nitrogens with zero attached hydrogens (tertiary/aromatic N) is 4. The Morgan fingerprint density at radius 3 is 2.17 bits per heavy atom. The summed E-state index contributed by atoms with van der Waals surface area (Å²) in [6.45, 7) is 3.03. The fraction of sp³-hybridized carbons (Fsp3) is 0.304. The quantitative estimate of drug-likeness (QED) is 0.710. The number of amides is 2. The predicted octanol–water partition coefficient (Wildman–Crippen LogP) is 2.74. The number of nitrogens with one attached hydrogen (secondary N) is 1. The number of likely N-dealkylation sites (tertiary alicyclic amines) is 1. The van der Waals surface area contributed by atoms with Gasteiger partial charge in [0.25, 0.3) is 0 Å². The van der Waals surface area contributed by atoms with Crippen LogP contribution >= 0.6 is 0 Å². The molecule has 30 heavy (non-hydrogen) atoms. The molecule has 1 aliphatic rings. The van der Waals surface area contributed by atoms with E-state index in [1.165, 1.54) is 0 Å². The molecule has 0 atom stereocenters. The van der Waals surface area contributed by atoms with Gasteiger partial charge in [0.05, 0.1) is 0 Å². The Morgan fingerprint density at radius 2 is 1.57 bits per heavy atom. The van der Waals surface area contributed by atoms with Crippen molar-refractivity contribution >= 4 is 11.8 Å². The molecule has 1 fully saturated rings. The molecule has 1 saturated heterocycles. The summed E-state index contributed by atoms with van der Waals surface area (Å²) < 4.78 is 1.66. The zero-order chi connectivity index (χ0) is 20.9. The summed E-state index contributed by atoms with van der Waals surface area (Å²) in [5, 5.41) is 7.71. The van der Waals surface area contributed by atoms with Crippen LogP contribution in [0.25, 0.3) is 22.8 Å². The molecule has 0 unspecified atom stereocenters. The zero-order valence-electron chi connectivity index (χ0n) is 17.0. The van der Waals surface area contributed by atoms with Crippen LogP contribution in [0.3, 0.4) is 0 Å². The largest absolute Gasteiger partial charge is 0.352 e. The molecule has 2 aromatic carbocycles. The third kappa shape index (κ3) is 4.56. The van der Waals surface area contributed by atoms with Crippen molar-refractivity contribution < 1.29 is 9.59 Å². The first kappa shape index (κ1) is 19.8. The number of carbonyl (C=O) groups is 2. The highest BCUT2D eigenvalue weighted by Crippen LogP contribution is 2.22. The zero-order valence-corrected chi connectivity index (χ0v) is 17.0. The maximum atomic E-state index is 12.7. The second-order valence-corrected chi connectivity index (χ2v) is 7.50. The summed E-state index contributed by atoms with van der Waals surface area (Å²) in [6, 6.07) is 19.6. The van der Waals surface area contributed by atoms with E-state index in [1.54, 1.807) is 11.6 Å². The topological polar surface area (TPSA) is 80.1 Å². The van der Waals surface area contributed by atoms with E-state index in [0.29, 0.717) is 24.7 Å². The van der Waals surface area contributed by atoms with Gasteiger partial charge in [-0.15, -0.1) is 5.10 Å².